The summed E-state index contributed by atoms with van der Waals surface area (Å²) < 4.78 is 5.19. The molecule has 0 aliphatic heterocycles. The average molecular weight is 443 g/mol. The Morgan fingerprint density at radius 2 is 1.94 bits per heavy atom. The molecule has 4 fully saturated rings. The Morgan fingerprint density at radius 1 is 1.12 bits per heavy atom. The normalized spacial score (nSPS) is 45.4. The van der Waals surface area contributed by atoms with Crippen LogP contribution in [0, 0.1) is 28.6 Å². The third-order valence-electron chi connectivity index (χ3n) is 10.5. The van der Waals surface area contributed by atoms with Crippen molar-refractivity contribution < 1.29 is 14.3 Å². The molecule has 4 aliphatic carbocycles. The van der Waals surface area contributed by atoms with Crippen LogP contribution in [0.2, 0.25) is 0 Å². The summed E-state index contributed by atoms with van der Waals surface area (Å²) >= 11 is 0. The van der Waals surface area contributed by atoms with E-state index in [0.29, 0.717) is 17.8 Å². The van der Waals surface area contributed by atoms with Gasteiger partial charge in [-0.3, -0.25) is 4.79 Å². The van der Waals surface area contributed by atoms with Crippen molar-refractivity contribution >= 4 is 5.91 Å². The summed E-state index contributed by atoms with van der Waals surface area (Å²) in [6.07, 6.45) is 10.9. The minimum Gasteiger partial charge on any atom is -0.431 e. The first-order valence-corrected chi connectivity index (χ1v) is 12.5. The first-order valence-electron chi connectivity index (χ1n) is 12.5. The third-order valence-corrected chi connectivity index (χ3v) is 10.5. The van der Waals surface area contributed by atoms with Crippen LogP contribution in [0.4, 0.5) is 0 Å². The van der Waals surface area contributed by atoms with E-state index in [2.05, 4.69) is 19.2 Å². The van der Waals surface area contributed by atoms with Crippen molar-refractivity contribution in [2.75, 3.05) is 6.54 Å². The molecular formula is C26H38N2O4. The van der Waals surface area contributed by atoms with Gasteiger partial charge in [0.2, 0.25) is 5.91 Å². The van der Waals surface area contributed by atoms with Gasteiger partial charge in [0.25, 0.3) is 0 Å². The van der Waals surface area contributed by atoms with E-state index in [9.17, 15) is 14.7 Å². The molecule has 4 N–H and O–H groups in total. The molecule has 0 bridgehead atoms. The van der Waals surface area contributed by atoms with E-state index in [1.165, 1.54) is 6.07 Å². The molecule has 0 saturated heterocycles. The number of hydrogen-bond donors (Lipinski definition) is 3. The van der Waals surface area contributed by atoms with E-state index in [1.807, 2.05) is 6.07 Å². The number of fused-ring (bicyclic) bond motifs is 5. The zero-order valence-corrected chi connectivity index (χ0v) is 19.4. The Labute approximate surface area is 190 Å². The van der Waals surface area contributed by atoms with Gasteiger partial charge in [-0.25, -0.2) is 4.79 Å². The van der Waals surface area contributed by atoms with E-state index in [-0.39, 0.29) is 40.9 Å². The summed E-state index contributed by atoms with van der Waals surface area (Å²) in [5.41, 5.74) is 5.61. The van der Waals surface area contributed by atoms with Crippen LogP contribution in [-0.4, -0.2) is 29.2 Å². The highest BCUT2D eigenvalue weighted by Gasteiger charge is 2.67. The molecule has 0 radical (unpaired) electrons. The number of nitrogens with two attached hydrogens (primary N) is 1. The molecule has 1 heterocycles. The van der Waals surface area contributed by atoms with Crippen LogP contribution in [-0.2, 0) is 4.79 Å². The SMILES string of the molecule is C[C@]12CCC(NC(=O)CN)C[C@H]1CCC1[C@@H]2CC[C@]2(C)[C@@H](c3ccc(=O)oc3)CC[C@]12O. The summed E-state index contributed by atoms with van der Waals surface area (Å²) in [5, 5.41) is 15.4. The third kappa shape index (κ3) is 3.12. The van der Waals surface area contributed by atoms with Gasteiger partial charge >= 0.3 is 5.63 Å². The topological polar surface area (TPSA) is 106 Å². The second-order valence-corrected chi connectivity index (χ2v) is 11.6. The van der Waals surface area contributed by atoms with Crippen molar-refractivity contribution in [3.63, 3.8) is 0 Å². The molecule has 8 atom stereocenters. The van der Waals surface area contributed by atoms with Crippen molar-refractivity contribution in [3.8, 4) is 0 Å². The number of aliphatic hydroxyl groups is 1. The lowest BCUT2D eigenvalue weighted by atomic mass is 9.43. The van der Waals surface area contributed by atoms with Crippen LogP contribution in [0.1, 0.15) is 83.1 Å². The van der Waals surface area contributed by atoms with E-state index in [4.69, 9.17) is 10.2 Å². The fourth-order valence-electron chi connectivity index (χ4n) is 8.74. The van der Waals surface area contributed by atoms with Crippen LogP contribution < -0.4 is 16.7 Å². The van der Waals surface area contributed by atoms with Crippen molar-refractivity contribution in [1.29, 1.82) is 0 Å². The number of rotatable bonds is 3. The van der Waals surface area contributed by atoms with E-state index in [0.717, 1.165) is 63.4 Å². The first-order chi connectivity index (χ1) is 15.2. The number of hydrogen-bond acceptors (Lipinski definition) is 5. The van der Waals surface area contributed by atoms with Gasteiger partial charge in [0.05, 0.1) is 18.4 Å². The Hall–Kier alpha value is -1.66. The van der Waals surface area contributed by atoms with Gasteiger partial charge in [0.1, 0.15) is 0 Å². The van der Waals surface area contributed by atoms with Crippen LogP contribution in [0.25, 0.3) is 0 Å². The van der Waals surface area contributed by atoms with Gasteiger partial charge in [0.15, 0.2) is 0 Å². The lowest BCUT2D eigenvalue weighted by Crippen LogP contribution is -2.62. The van der Waals surface area contributed by atoms with Crippen molar-refractivity contribution in [2.45, 2.75) is 89.2 Å². The molecular weight excluding hydrogens is 404 g/mol. The van der Waals surface area contributed by atoms with Crippen LogP contribution in [0.5, 0.6) is 0 Å². The monoisotopic (exact) mass is 442 g/mol. The molecule has 0 spiro atoms. The highest BCUT2D eigenvalue weighted by molar-refractivity contribution is 5.78. The number of amides is 1. The second-order valence-electron chi connectivity index (χ2n) is 11.6. The fourth-order valence-corrected chi connectivity index (χ4v) is 8.74. The molecule has 0 aromatic carbocycles. The minimum atomic E-state index is -0.671. The molecule has 1 amide bonds. The molecule has 4 saturated carbocycles. The van der Waals surface area contributed by atoms with Crippen LogP contribution in [0.15, 0.2) is 27.6 Å². The maximum absolute atomic E-state index is 12.3. The molecule has 2 unspecified atom stereocenters. The van der Waals surface area contributed by atoms with Gasteiger partial charge in [0, 0.05) is 17.5 Å². The second kappa shape index (κ2) is 7.69. The zero-order chi connectivity index (χ0) is 22.7. The van der Waals surface area contributed by atoms with Crippen molar-refractivity contribution in [1.82, 2.24) is 5.32 Å². The van der Waals surface area contributed by atoms with E-state index >= 15 is 0 Å². The summed E-state index contributed by atoms with van der Waals surface area (Å²) in [5.74, 6) is 1.61. The molecule has 6 nitrogen and oxygen atoms in total. The summed E-state index contributed by atoms with van der Waals surface area (Å²) in [7, 11) is 0. The Kier molecular flexibility index (Phi) is 5.33. The smallest absolute Gasteiger partial charge is 0.335 e. The standard InChI is InChI=1S/C26H38N2O4/c1-24-10-7-18(28-22(29)14-27)13-17(24)4-5-21-20(24)8-11-25(2)19(9-12-26(21,25)31)16-3-6-23(30)32-15-16/h3,6,15,17-21,31H,4-5,7-14,27H2,1-2H3,(H,28,29)/t17-,18?,19-,20+,21?,24+,25-,26+/m1/s1. The molecule has 5 rings (SSSR count). The van der Waals surface area contributed by atoms with Gasteiger partial charge < -0.3 is 20.6 Å². The highest BCUT2D eigenvalue weighted by atomic mass is 16.4. The molecule has 1 aromatic heterocycles. The van der Waals surface area contributed by atoms with Crippen molar-refractivity contribution in [3.05, 3.63) is 34.4 Å². The summed E-state index contributed by atoms with van der Waals surface area (Å²) in [6.45, 7) is 4.79. The summed E-state index contributed by atoms with van der Waals surface area (Å²) in [6, 6.07) is 3.64. The number of carbonyl (C=O) groups excluding carboxylic acids is 1. The van der Waals surface area contributed by atoms with E-state index < -0.39 is 5.60 Å². The largest absolute Gasteiger partial charge is 0.431 e. The highest BCUT2D eigenvalue weighted by Crippen LogP contribution is 2.70. The minimum absolute atomic E-state index is 0.0521. The lowest BCUT2D eigenvalue weighted by Gasteiger charge is -2.63. The van der Waals surface area contributed by atoms with Gasteiger partial charge in [-0.15, -0.1) is 0 Å². The van der Waals surface area contributed by atoms with Crippen LogP contribution >= 0.6 is 0 Å². The maximum atomic E-state index is 12.3. The molecule has 176 valence electrons. The number of carbonyl (C=O) groups is 1. The number of nitrogens with one attached hydrogen (secondary N) is 1. The summed E-state index contributed by atoms with van der Waals surface area (Å²) in [4.78, 5) is 23.3. The Bertz CT molecular complexity index is 926. The molecule has 1 aromatic rings. The molecule has 32 heavy (non-hydrogen) atoms. The molecule has 6 heteroatoms. The van der Waals surface area contributed by atoms with E-state index in [1.54, 1.807) is 6.26 Å². The lowest BCUT2D eigenvalue weighted by molar-refractivity contribution is -0.202. The fraction of sp³-hybridized carbons (Fsp3) is 0.769. The predicted octanol–water partition coefficient (Wildman–Crippen LogP) is 3.32. The van der Waals surface area contributed by atoms with Gasteiger partial charge in [-0.2, -0.15) is 0 Å². The predicted molar refractivity (Wildman–Crippen MR) is 122 cm³/mol. The van der Waals surface area contributed by atoms with Crippen LogP contribution in [0.3, 0.4) is 0 Å². The Morgan fingerprint density at radius 3 is 2.66 bits per heavy atom. The Balaban J connectivity index is 1.39. The van der Waals surface area contributed by atoms with Crippen molar-refractivity contribution in [2.24, 2.45) is 34.3 Å². The zero-order valence-electron chi connectivity index (χ0n) is 19.4. The van der Waals surface area contributed by atoms with Gasteiger partial charge in [-0.05, 0) is 98.5 Å². The quantitative estimate of drug-likeness (QED) is 0.666. The first kappa shape index (κ1) is 22.1. The molecule has 4 aliphatic rings. The van der Waals surface area contributed by atoms with Gasteiger partial charge in [-0.1, -0.05) is 13.8 Å². The average Bonchev–Trinajstić information content (AvgIpc) is 3.06. The maximum Gasteiger partial charge on any atom is 0.335 e.